The molecule has 2 rings (SSSR count). The Labute approximate surface area is 661 Å². The average Bonchev–Trinajstić information content (AvgIpc) is 0.855. The third kappa shape index (κ3) is 34.3. The van der Waals surface area contributed by atoms with Gasteiger partial charge in [-0.2, -0.15) is 0 Å². The van der Waals surface area contributed by atoms with Gasteiger partial charge < -0.3 is 131 Å². The summed E-state index contributed by atoms with van der Waals surface area (Å²) in [4.78, 5) is 239. The monoisotopic (exact) mass is 1630 g/mol. The fraction of sp³-hybridized carbons (Fsp3) is 0.583. The van der Waals surface area contributed by atoms with Crippen LogP contribution < -0.4 is 85.5 Å². The number of aromatic hydroxyl groups is 2. The van der Waals surface area contributed by atoms with Gasteiger partial charge in [-0.1, -0.05) is 85.1 Å². The van der Waals surface area contributed by atoms with Gasteiger partial charge in [0.2, 0.25) is 88.6 Å². The van der Waals surface area contributed by atoms with Crippen molar-refractivity contribution in [3.05, 3.63) is 59.7 Å². The highest BCUT2D eigenvalue weighted by Crippen LogP contribution is 2.17. The molecule has 0 radical (unpaired) electrons. The van der Waals surface area contributed by atoms with E-state index in [1.54, 1.807) is 34.6 Å². The molecule has 0 aliphatic heterocycles. The van der Waals surface area contributed by atoms with E-state index in [0.29, 0.717) is 24.8 Å². The van der Waals surface area contributed by atoms with Gasteiger partial charge in [0.05, 0.1) is 44.4 Å². The van der Waals surface area contributed by atoms with Crippen LogP contribution in [0.1, 0.15) is 126 Å². The normalized spacial score (nSPS) is 16.0. The molecule has 43 nitrogen and oxygen atoms in total. The lowest BCUT2D eigenvalue weighted by Crippen LogP contribution is -2.62. The molecule has 2 aromatic carbocycles. The van der Waals surface area contributed by atoms with Gasteiger partial charge in [-0.3, -0.25) is 86.3 Å². The van der Waals surface area contributed by atoms with E-state index >= 15 is 0 Å². The number of hydrogen-bond donors (Lipinski definition) is 25. The van der Waals surface area contributed by atoms with Gasteiger partial charge >= 0.3 is 17.9 Å². The first kappa shape index (κ1) is 99.4. The maximum Gasteiger partial charge on any atom is 0.322 e. The maximum absolute atomic E-state index is 14.1. The SMILES string of the molecule is CC[C@H](C)[C@H](N)C(=O)N[C@H](C(=O)N[C@@H](Cc1ccc(O)cc1)C(=O)NCC(=O)N[C@@H](CO)C(=O)N[C@@H](CC(=O)O)C(=O)N[C@@H](CCC(=O)O)C(=O)N[C@H](C(=O)N[C@@H](C)C(=O)N[C@@H](Cc1ccc(O)cc1)C(=O)N[C@@H](C)C(=O)N[C@H](C(=O)N[C@@H](CO)C(=O)N[C@@H](C)C(=O)N[C@H](C(=O)NCC(=O)O)[C@@H](C)CC)[C@@H](C)O)[C@@H](C)O)[C@@H](C)CC. The first-order valence-corrected chi connectivity index (χ1v) is 36.9. The zero-order valence-electron chi connectivity index (χ0n) is 65.5. The summed E-state index contributed by atoms with van der Waals surface area (Å²) in [6.45, 7) is 11.7. The lowest BCUT2D eigenvalue weighted by molar-refractivity contribution is -0.142. The van der Waals surface area contributed by atoms with Crippen LogP contribution >= 0.6 is 0 Å². The van der Waals surface area contributed by atoms with Crippen LogP contribution in [-0.2, 0) is 99.1 Å². The molecular weight excluding hydrogens is 1520 g/mol. The smallest absolute Gasteiger partial charge is 0.322 e. The van der Waals surface area contributed by atoms with Crippen molar-refractivity contribution in [1.82, 2.24) is 79.8 Å². The number of aliphatic hydroxyl groups excluding tert-OH is 4. The molecule has 115 heavy (non-hydrogen) atoms. The average molecular weight is 1630 g/mol. The number of rotatable bonds is 50. The summed E-state index contributed by atoms with van der Waals surface area (Å²) in [5.41, 5.74) is 6.83. The summed E-state index contributed by atoms with van der Waals surface area (Å²) in [5, 5.41) is 124. The molecule has 2 aromatic rings. The van der Waals surface area contributed by atoms with Gasteiger partial charge in [0, 0.05) is 19.3 Å². The van der Waals surface area contributed by atoms with E-state index in [0.717, 1.165) is 27.7 Å². The number of benzene rings is 2. The van der Waals surface area contributed by atoms with Crippen LogP contribution in [0.4, 0.5) is 0 Å². The van der Waals surface area contributed by atoms with Crippen LogP contribution in [0.3, 0.4) is 0 Å². The second-order valence-electron chi connectivity index (χ2n) is 27.7. The second kappa shape index (κ2) is 49.0. The summed E-state index contributed by atoms with van der Waals surface area (Å²) >= 11 is 0. The first-order chi connectivity index (χ1) is 53.8. The van der Waals surface area contributed by atoms with Gasteiger partial charge in [-0.25, -0.2) is 0 Å². The molecule has 0 bridgehead atoms. The Kier molecular flexibility index (Phi) is 42.4. The van der Waals surface area contributed by atoms with E-state index in [4.69, 9.17) is 10.8 Å². The number of phenols is 2. The van der Waals surface area contributed by atoms with E-state index in [1.807, 2.05) is 12.2 Å². The van der Waals surface area contributed by atoms with E-state index in [9.17, 15) is 127 Å². The van der Waals surface area contributed by atoms with Gasteiger partial charge in [0.1, 0.15) is 96.6 Å². The number of aliphatic hydroxyl groups is 4. The highest BCUT2D eigenvalue weighted by Gasteiger charge is 2.39. The first-order valence-electron chi connectivity index (χ1n) is 36.9. The summed E-state index contributed by atoms with van der Waals surface area (Å²) in [5.74, 6) is -23.2. The number of nitrogens with two attached hydrogens (primary N) is 1. The Morgan fingerprint density at radius 1 is 0.339 bits per heavy atom. The number of hydrogen-bond acceptors (Lipinski definition) is 25. The zero-order chi connectivity index (χ0) is 87.4. The number of carbonyl (C=O) groups is 18. The Morgan fingerprint density at radius 2 is 0.670 bits per heavy atom. The molecule has 26 N–H and O–H groups in total. The van der Waals surface area contributed by atoms with E-state index < -0.39 is 267 Å². The standard InChI is InChI=1S/C72H110N16O27/c1-12-32(4)54(73)68(111)86-56(34(6)14-3)70(113)83-45(25-40-15-19-42(93)20-16-40)62(105)74-28-50(95)79-48(30-89)67(110)82-47(27-52(98)99)65(108)80-44(23-24-51(96)97)63(106)88-57(38(10)91)71(114)78-35(7)59(102)81-46(26-41-17-21-43(94)22-18-41)64(107)76-37(9)61(104)87-58(39(11)92)72(115)84-49(31-90)66(109)77-36(8)60(103)85-55(33(5)13-2)69(112)75-29-53(100)101/h15-22,32-39,44-49,54-58,89-94H,12-14,23-31,73H2,1-11H3,(H,74,105)(H,75,112)(H,76,107)(H,77,109)(H,78,114)(H,79,95)(H,80,108)(H,81,102)(H,82,110)(H,83,113)(H,84,115)(H,85,103)(H,86,111)(H,87,104)(H,88,106)(H,96,97)(H,98,99)(H,100,101)/t32-,33-,34-,35-,36-,37-,38+,39+,44-,45-,46-,47-,48-,49-,54-,55-,56-,57-,58-/m0/s1. The lowest BCUT2D eigenvalue weighted by atomic mass is 9.95. The van der Waals surface area contributed by atoms with Crippen LogP contribution in [0.15, 0.2) is 48.5 Å². The number of phenolic OH excluding ortho intramolecular Hbond substituents is 2. The highest BCUT2D eigenvalue weighted by molar-refractivity contribution is 6.01. The summed E-state index contributed by atoms with van der Waals surface area (Å²) < 4.78 is 0. The van der Waals surface area contributed by atoms with E-state index in [-0.39, 0.29) is 29.4 Å². The van der Waals surface area contributed by atoms with Crippen LogP contribution in [0.25, 0.3) is 0 Å². The minimum absolute atomic E-state index is 0.128. The Morgan fingerprint density at radius 3 is 1.11 bits per heavy atom. The molecule has 0 spiro atoms. The molecule has 0 aliphatic rings. The van der Waals surface area contributed by atoms with Crippen LogP contribution in [0.2, 0.25) is 0 Å². The Bertz CT molecular complexity index is 3720. The van der Waals surface area contributed by atoms with Crippen molar-refractivity contribution >= 4 is 107 Å². The Hall–Kier alpha value is -11.7. The van der Waals surface area contributed by atoms with Gasteiger partial charge in [-0.15, -0.1) is 0 Å². The molecule has 0 fully saturated rings. The Balaban J connectivity index is 2.31. The summed E-state index contributed by atoms with van der Waals surface area (Å²) in [6, 6.07) is -12.8. The lowest BCUT2D eigenvalue weighted by Gasteiger charge is -2.28. The molecular formula is C72H110N16O27. The maximum atomic E-state index is 14.1. The number of carboxylic acids is 3. The molecule has 0 unspecified atom stereocenters. The van der Waals surface area contributed by atoms with Gasteiger partial charge in [-0.05, 0) is 94.2 Å². The highest BCUT2D eigenvalue weighted by atomic mass is 16.4. The summed E-state index contributed by atoms with van der Waals surface area (Å²) in [6.07, 6.45) is -5.99. The number of carboxylic acid groups (broad SMARTS) is 3. The molecule has 0 aliphatic carbocycles. The van der Waals surface area contributed by atoms with Gasteiger partial charge in [0.25, 0.3) is 0 Å². The number of nitrogens with one attached hydrogen (secondary N) is 15. The molecule has 0 heterocycles. The fourth-order valence-electron chi connectivity index (χ4n) is 10.5. The number of aliphatic carboxylic acids is 3. The van der Waals surface area contributed by atoms with Crippen molar-refractivity contribution < 1.29 is 132 Å². The van der Waals surface area contributed by atoms with E-state index in [2.05, 4.69) is 74.4 Å². The van der Waals surface area contributed by atoms with Crippen LogP contribution in [-0.4, -0.2) is 276 Å². The largest absolute Gasteiger partial charge is 0.508 e. The third-order valence-electron chi connectivity index (χ3n) is 18.3. The molecule has 19 atom stereocenters. The zero-order valence-corrected chi connectivity index (χ0v) is 65.5. The van der Waals surface area contributed by atoms with Crippen molar-refractivity contribution in [2.45, 2.75) is 224 Å². The quantitative estimate of drug-likeness (QED) is 0.0293. The van der Waals surface area contributed by atoms with Crippen molar-refractivity contribution in [3.8, 4) is 11.5 Å². The molecule has 0 saturated carbocycles. The molecule has 0 saturated heterocycles. The second-order valence-corrected chi connectivity index (χ2v) is 27.7. The van der Waals surface area contributed by atoms with Crippen molar-refractivity contribution in [2.75, 3.05) is 26.3 Å². The molecule has 0 aromatic heterocycles. The van der Waals surface area contributed by atoms with Crippen LogP contribution in [0.5, 0.6) is 11.5 Å². The van der Waals surface area contributed by atoms with Gasteiger partial charge in [0.15, 0.2) is 0 Å². The summed E-state index contributed by atoms with van der Waals surface area (Å²) in [7, 11) is 0. The van der Waals surface area contributed by atoms with Crippen molar-refractivity contribution in [1.29, 1.82) is 0 Å². The minimum atomic E-state index is -2.20. The fourth-order valence-corrected chi connectivity index (χ4v) is 10.5. The number of amides is 15. The molecule has 15 amide bonds. The predicted octanol–water partition coefficient (Wildman–Crippen LogP) is -7.89. The van der Waals surface area contributed by atoms with Crippen molar-refractivity contribution in [3.63, 3.8) is 0 Å². The minimum Gasteiger partial charge on any atom is -0.508 e. The van der Waals surface area contributed by atoms with Crippen molar-refractivity contribution in [2.24, 2.45) is 23.5 Å². The van der Waals surface area contributed by atoms with Crippen LogP contribution in [0, 0.1) is 17.8 Å². The predicted molar refractivity (Wildman–Crippen MR) is 402 cm³/mol. The third-order valence-corrected chi connectivity index (χ3v) is 18.3. The van der Waals surface area contributed by atoms with E-state index in [1.165, 1.54) is 55.5 Å². The number of carbonyl (C=O) groups excluding carboxylic acids is 15. The molecule has 640 valence electrons. The topological polar surface area (TPSA) is 696 Å². The molecule has 43 heteroatoms.